The molecule has 4 rings (SSSR count). The molecule has 0 spiro atoms. The van der Waals surface area contributed by atoms with Crippen LogP contribution in [0.1, 0.15) is 11.1 Å². The fourth-order valence-corrected chi connectivity index (χ4v) is 3.12. The van der Waals surface area contributed by atoms with Crippen molar-refractivity contribution in [2.24, 2.45) is 0 Å². The van der Waals surface area contributed by atoms with Crippen molar-refractivity contribution < 1.29 is 0 Å². The minimum absolute atomic E-state index is 0.769. The Hall–Kier alpha value is -3.39. The molecule has 0 saturated heterocycles. The molecule has 1 aromatic heterocycles. The molecule has 2 N–H and O–H groups in total. The molecule has 0 amide bonds. The van der Waals surface area contributed by atoms with Crippen LogP contribution in [0.3, 0.4) is 0 Å². The van der Waals surface area contributed by atoms with Gasteiger partial charge in [0.05, 0.1) is 11.4 Å². The van der Waals surface area contributed by atoms with Crippen LogP contribution in [0.15, 0.2) is 84.9 Å². The van der Waals surface area contributed by atoms with Crippen molar-refractivity contribution in [2.75, 3.05) is 5.73 Å². The van der Waals surface area contributed by atoms with Gasteiger partial charge in [0.1, 0.15) is 0 Å². The van der Waals surface area contributed by atoms with Crippen LogP contribution < -0.4 is 5.73 Å². The number of pyridine rings is 1. The first-order valence-corrected chi connectivity index (χ1v) is 9.10. The van der Waals surface area contributed by atoms with Crippen LogP contribution in [-0.4, -0.2) is 4.98 Å². The molecule has 4 aromatic rings. The highest BCUT2D eigenvalue weighted by Crippen LogP contribution is 2.30. The predicted octanol–water partition coefficient (Wildman–Crippen LogP) is 6.28. The molecule has 2 nitrogen and oxygen atoms in total. The van der Waals surface area contributed by atoms with Gasteiger partial charge >= 0.3 is 0 Å². The van der Waals surface area contributed by atoms with Gasteiger partial charge in [0.25, 0.3) is 0 Å². The molecular formula is C25H22N2. The molecule has 0 aliphatic carbocycles. The SMILES string of the molecule is Cc1ccc(-c2cc(-c3ccc(N)cc3)cc(-c3ccc(C)cc3)n2)cc1. The second-order valence-electron chi connectivity index (χ2n) is 6.98. The number of hydrogen-bond donors (Lipinski definition) is 1. The molecule has 0 atom stereocenters. The third-order valence-corrected chi connectivity index (χ3v) is 4.76. The molecule has 0 aliphatic heterocycles. The van der Waals surface area contributed by atoms with Crippen LogP contribution in [0.2, 0.25) is 0 Å². The van der Waals surface area contributed by atoms with E-state index in [4.69, 9.17) is 10.7 Å². The van der Waals surface area contributed by atoms with Crippen molar-refractivity contribution in [3.63, 3.8) is 0 Å². The molecule has 0 unspecified atom stereocenters. The number of nitrogen functional groups attached to an aromatic ring is 1. The van der Waals surface area contributed by atoms with Gasteiger partial charge in [-0.15, -0.1) is 0 Å². The van der Waals surface area contributed by atoms with Crippen LogP contribution in [0.4, 0.5) is 5.69 Å². The normalized spacial score (nSPS) is 10.7. The zero-order chi connectivity index (χ0) is 18.8. The van der Waals surface area contributed by atoms with Crippen molar-refractivity contribution in [1.82, 2.24) is 4.98 Å². The van der Waals surface area contributed by atoms with E-state index in [1.807, 2.05) is 12.1 Å². The van der Waals surface area contributed by atoms with Crippen molar-refractivity contribution in [2.45, 2.75) is 13.8 Å². The average Bonchev–Trinajstić information content (AvgIpc) is 2.69. The molecule has 0 radical (unpaired) electrons. The van der Waals surface area contributed by atoms with Gasteiger partial charge in [-0.25, -0.2) is 4.98 Å². The van der Waals surface area contributed by atoms with E-state index < -0.39 is 0 Å². The lowest BCUT2D eigenvalue weighted by Gasteiger charge is -2.11. The maximum atomic E-state index is 5.86. The Morgan fingerprint density at radius 2 is 0.926 bits per heavy atom. The monoisotopic (exact) mass is 350 g/mol. The number of aryl methyl sites for hydroxylation is 2. The van der Waals surface area contributed by atoms with E-state index in [-0.39, 0.29) is 0 Å². The summed E-state index contributed by atoms with van der Waals surface area (Å²) in [5.41, 5.74) is 15.6. The zero-order valence-electron chi connectivity index (χ0n) is 15.6. The largest absolute Gasteiger partial charge is 0.399 e. The van der Waals surface area contributed by atoms with Gasteiger partial charge in [-0.3, -0.25) is 0 Å². The number of nitrogens with zero attached hydrogens (tertiary/aromatic N) is 1. The average molecular weight is 350 g/mol. The van der Waals surface area contributed by atoms with Crippen LogP contribution in [0.5, 0.6) is 0 Å². The zero-order valence-corrected chi connectivity index (χ0v) is 15.6. The molecule has 0 bridgehead atoms. The molecule has 132 valence electrons. The highest BCUT2D eigenvalue weighted by atomic mass is 14.7. The van der Waals surface area contributed by atoms with Crippen molar-refractivity contribution >= 4 is 5.69 Å². The number of benzene rings is 3. The highest BCUT2D eigenvalue weighted by Gasteiger charge is 2.09. The Labute approximate surface area is 160 Å². The molecule has 2 heteroatoms. The lowest BCUT2D eigenvalue weighted by molar-refractivity contribution is 1.31. The summed E-state index contributed by atoms with van der Waals surface area (Å²) in [6.07, 6.45) is 0. The summed E-state index contributed by atoms with van der Waals surface area (Å²) in [6, 6.07) is 29.3. The van der Waals surface area contributed by atoms with Crippen molar-refractivity contribution in [1.29, 1.82) is 0 Å². The van der Waals surface area contributed by atoms with Gasteiger partial charge in [0.2, 0.25) is 0 Å². The van der Waals surface area contributed by atoms with Gasteiger partial charge in [-0.05, 0) is 49.2 Å². The summed E-state index contributed by atoms with van der Waals surface area (Å²) in [7, 11) is 0. The van der Waals surface area contributed by atoms with Crippen molar-refractivity contribution in [3.05, 3.63) is 96.1 Å². The minimum atomic E-state index is 0.769. The van der Waals surface area contributed by atoms with E-state index in [1.165, 1.54) is 11.1 Å². The van der Waals surface area contributed by atoms with E-state index in [9.17, 15) is 0 Å². The maximum Gasteiger partial charge on any atom is 0.0715 e. The van der Waals surface area contributed by atoms with E-state index in [1.54, 1.807) is 0 Å². The Kier molecular flexibility index (Phi) is 4.47. The minimum Gasteiger partial charge on any atom is -0.399 e. The topological polar surface area (TPSA) is 38.9 Å². The molecule has 3 aromatic carbocycles. The standard InChI is InChI=1S/C25H22N2/c1-17-3-7-20(8-4-17)24-15-22(19-11-13-23(26)14-12-19)16-25(27-24)21-9-5-18(2)6-10-21/h3-16H,26H2,1-2H3. The van der Waals surface area contributed by atoms with Crippen molar-refractivity contribution in [3.8, 4) is 33.6 Å². The van der Waals surface area contributed by atoms with Crippen LogP contribution in [0, 0.1) is 13.8 Å². The number of hydrogen-bond acceptors (Lipinski definition) is 2. The predicted molar refractivity (Wildman–Crippen MR) is 114 cm³/mol. The summed E-state index contributed by atoms with van der Waals surface area (Å²) in [5.74, 6) is 0. The van der Waals surface area contributed by atoms with Gasteiger partial charge < -0.3 is 5.73 Å². The Bertz CT molecular complexity index is 907. The first-order valence-electron chi connectivity index (χ1n) is 9.10. The quantitative estimate of drug-likeness (QED) is 0.441. The van der Waals surface area contributed by atoms with Gasteiger partial charge in [-0.1, -0.05) is 71.8 Å². The molecule has 27 heavy (non-hydrogen) atoms. The second kappa shape index (κ2) is 7.08. The van der Waals surface area contributed by atoms with Gasteiger partial charge in [0, 0.05) is 16.8 Å². The molecular weight excluding hydrogens is 328 g/mol. The van der Waals surface area contributed by atoms with Crippen LogP contribution in [-0.2, 0) is 0 Å². The fourth-order valence-electron chi connectivity index (χ4n) is 3.12. The van der Waals surface area contributed by atoms with Crippen LogP contribution >= 0.6 is 0 Å². The maximum absolute atomic E-state index is 5.86. The number of anilines is 1. The molecule has 0 saturated carbocycles. The summed E-state index contributed by atoms with van der Waals surface area (Å²) in [4.78, 5) is 4.95. The summed E-state index contributed by atoms with van der Waals surface area (Å²) in [6.45, 7) is 4.19. The first-order chi connectivity index (χ1) is 13.1. The van der Waals surface area contributed by atoms with Gasteiger partial charge in [0.15, 0.2) is 0 Å². The summed E-state index contributed by atoms with van der Waals surface area (Å²) in [5, 5.41) is 0. The highest BCUT2D eigenvalue weighted by molar-refractivity contribution is 5.77. The lowest BCUT2D eigenvalue weighted by atomic mass is 9.99. The van der Waals surface area contributed by atoms with Crippen LogP contribution in [0.25, 0.3) is 33.6 Å². The first kappa shape index (κ1) is 17.0. The smallest absolute Gasteiger partial charge is 0.0715 e. The second-order valence-corrected chi connectivity index (χ2v) is 6.98. The van der Waals surface area contributed by atoms with Gasteiger partial charge in [-0.2, -0.15) is 0 Å². The number of rotatable bonds is 3. The molecule has 0 fully saturated rings. The Morgan fingerprint density at radius 1 is 0.519 bits per heavy atom. The van der Waals surface area contributed by atoms with E-state index >= 15 is 0 Å². The molecule has 1 heterocycles. The third-order valence-electron chi connectivity index (χ3n) is 4.76. The lowest BCUT2D eigenvalue weighted by Crippen LogP contribution is -1.92. The van der Waals surface area contributed by atoms with E-state index in [0.717, 1.165) is 39.3 Å². The third kappa shape index (κ3) is 3.75. The fraction of sp³-hybridized carbons (Fsp3) is 0.0800. The van der Waals surface area contributed by atoms with E-state index in [2.05, 4.69) is 86.6 Å². The summed E-state index contributed by atoms with van der Waals surface area (Å²) >= 11 is 0. The number of aromatic nitrogens is 1. The number of nitrogens with two attached hydrogens (primary N) is 1. The summed E-state index contributed by atoms with van der Waals surface area (Å²) < 4.78 is 0. The Morgan fingerprint density at radius 3 is 1.37 bits per heavy atom. The Balaban J connectivity index is 1.89. The molecule has 0 aliphatic rings. The van der Waals surface area contributed by atoms with E-state index in [0.29, 0.717) is 0 Å².